The Morgan fingerprint density at radius 2 is 1.96 bits per heavy atom. The summed E-state index contributed by atoms with van der Waals surface area (Å²) >= 11 is 3.32. The van der Waals surface area contributed by atoms with E-state index in [1.807, 2.05) is 0 Å². The fourth-order valence-corrected chi connectivity index (χ4v) is 2.93. The number of anilines is 2. The van der Waals surface area contributed by atoms with E-state index in [-0.39, 0.29) is 10.8 Å². The zero-order valence-electron chi connectivity index (χ0n) is 11.6. The van der Waals surface area contributed by atoms with E-state index in [1.165, 1.54) is 12.1 Å². The number of fused-ring (bicyclic) bond motifs is 1. The minimum Gasteiger partial charge on any atom is -0.361 e. The summed E-state index contributed by atoms with van der Waals surface area (Å²) in [6.45, 7) is 0. The molecule has 0 atom stereocenters. The number of carbonyl (C=O) groups is 1. The number of hydrogen-bond donors (Lipinski definition) is 3. The Balaban J connectivity index is 1.86. The second-order valence-electron chi connectivity index (χ2n) is 4.78. The lowest BCUT2D eigenvalue weighted by molar-refractivity contribution is -0.110. The third kappa shape index (κ3) is 3.26. The molecule has 1 aromatic heterocycles. The summed E-state index contributed by atoms with van der Waals surface area (Å²) in [6.07, 6.45) is 3.14. The minimum atomic E-state index is -3.72. The van der Waals surface area contributed by atoms with Gasteiger partial charge in [-0.05, 0) is 46.3 Å². The number of benzene rings is 1. The van der Waals surface area contributed by atoms with Gasteiger partial charge in [0, 0.05) is 28.1 Å². The Kier molecular flexibility index (Phi) is 3.92. The number of amides is 1. The van der Waals surface area contributed by atoms with Gasteiger partial charge in [-0.1, -0.05) is 0 Å². The maximum Gasteiger partial charge on any atom is 0.259 e. The van der Waals surface area contributed by atoms with Crippen molar-refractivity contribution in [2.45, 2.75) is 4.90 Å². The van der Waals surface area contributed by atoms with E-state index in [2.05, 4.69) is 31.5 Å². The average Bonchev–Trinajstić information content (AvgIpc) is 2.79. The number of sulfonamides is 1. The van der Waals surface area contributed by atoms with Crippen LogP contribution in [0.15, 0.2) is 52.1 Å². The van der Waals surface area contributed by atoms with Crippen molar-refractivity contribution in [3.63, 3.8) is 0 Å². The number of rotatable bonds is 3. The van der Waals surface area contributed by atoms with Crippen LogP contribution < -0.4 is 15.8 Å². The van der Waals surface area contributed by atoms with Crippen LogP contribution in [0, 0.1) is 0 Å². The van der Waals surface area contributed by atoms with Gasteiger partial charge in [0.05, 0.1) is 10.5 Å². The molecular formula is C14H11BrN4O3S. The topological polar surface area (TPSA) is 114 Å². The normalized spacial score (nSPS) is 15.4. The summed E-state index contributed by atoms with van der Waals surface area (Å²) in [5, 5.41) is 10.7. The predicted molar refractivity (Wildman–Crippen MR) is 90.0 cm³/mol. The predicted octanol–water partition coefficient (Wildman–Crippen LogP) is 1.90. The summed E-state index contributed by atoms with van der Waals surface area (Å²) in [5.74, 6) is 0.232. The van der Waals surface area contributed by atoms with E-state index in [0.29, 0.717) is 22.6 Å². The summed E-state index contributed by atoms with van der Waals surface area (Å²) in [6, 6.07) is 7.68. The zero-order chi connectivity index (χ0) is 16.6. The average molecular weight is 395 g/mol. The van der Waals surface area contributed by atoms with Crippen molar-refractivity contribution < 1.29 is 13.2 Å². The molecule has 1 amide bonds. The molecule has 1 aromatic carbocycles. The Bertz CT molecular complexity index is 924. The number of nitrogens with one attached hydrogen (secondary N) is 2. The van der Waals surface area contributed by atoms with Crippen LogP contribution in [0.1, 0.15) is 5.56 Å². The SMILES string of the molecule is NS(=O)(=O)c1ccc(N/C=C2\C(=O)Nc3ncc(Br)cc32)cc1. The number of halogens is 1. The van der Waals surface area contributed by atoms with E-state index in [1.54, 1.807) is 30.6 Å². The van der Waals surface area contributed by atoms with E-state index >= 15 is 0 Å². The molecule has 0 spiro atoms. The fraction of sp³-hybridized carbons (Fsp3) is 0. The van der Waals surface area contributed by atoms with Gasteiger partial charge in [0.15, 0.2) is 0 Å². The molecule has 4 N–H and O–H groups in total. The van der Waals surface area contributed by atoms with Crippen LogP contribution in [0.3, 0.4) is 0 Å². The van der Waals surface area contributed by atoms with Crippen molar-refractivity contribution in [3.8, 4) is 0 Å². The molecule has 118 valence electrons. The second-order valence-corrected chi connectivity index (χ2v) is 7.25. The highest BCUT2D eigenvalue weighted by atomic mass is 79.9. The lowest BCUT2D eigenvalue weighted by Gasteiger charge is -2.04. The number of aromatic nitrogens is 1. The quantitative estimate of drug-likeness (QED) is 0.687. The van der Waals surface area contributed by atoms with Gasteiger partial charge in [-0.15, -0.1) is 0 Å². The van der Waals surface area contributed by atoms with Crippen LogP contribution in [0.4, 0.5) is 11.5 Å². The van der Waals surface area contributed by atoms with Crippen molar-refractivity contribution >= 4 is 48.9 Å². The van der Waals surface area contributed by atoms with Gasteiger partial charge < -0.3 is 10.6 Å². The van der Waals surface area contributed by atoms with Gasteiger partial charge in [0.2, 0.25) is 10.0 Å². The molecule has 0 unspecified atom stereocenters. The maximum absolute atomic E-state index is 12.0. The molecule has 2 aromatic rings. The Labute approximate surface area is 140 Å². The minimum absolute atomic E-state index is 0.0211. The number of pyridine rings is 1. The molecule has 0 saturated carbocycles. The van der Waals surface area contributed by atoms with Gasteiger partial charge in [0.1, 0.15) is 5.82 Å². The first-order chi connectivity index (χ1) is 10.8. The summed E-state index contributed by atoms with van der Waals surface area (Å²) in [7, 11) is -3.72. The fourth-order valence-electron chi connectivity index (χ4n) is 2.08. The number of nitrogens with two attached hydrogens (primary N) is 1. The molecule has 0 aliphatic carbocycles. The summed E-state index contributed by atoms with van der Waals surface area (Å²) < 4.78 is 23.2. The molecule has 1 aliphatic rings. The van der Waals surface area contributed by atoms with Crippen LogP contribution in [0.2, 0.25) is 0 Å². The Hall–Kier alpha value is -2.23. The van der Waals surface area contributed by atoms with Gasteiger partial charge >= 0.3 is 0 Å². The van der Waals surface area contributed by atoms with Crippen LogP contribution in [-0.2, 0) is 14.8 Å². The molecule has 0 fully saturated rings. The number of hydrogen-bond acceptors (Lipinski definition) is 5. The lowest BCUT2D eigenvalue weighted by Crippen LogP contribution is -2.11. The molecule has 7 nitrogen and oxygen atoms in total. The summed E-state index contributed by atoms with van der Waals surface area (Å²) in [4.78, 5) is 16.1. The van der Waals surface area contributed by atoms with Gasteiger partial charge in [-0.25, -0.2) is 18.5 Å². The second kappa shape index (κ2) is 5.76. The van der Waals surface area contributed by atoms with Crippen molar-refractivity contribution in [1.29, 1.82) is 0 Å². The van der Waals surface area contributed by atoms with Crippen molar-refractivity contribution in [3.05, 3.63) is 52.8 Å². The molecule has 0 saturated heterocycles. The molecule has 3 rings (SSSR count). The first-order valence-corrected chi connectivity index (χ1v) is 8.75. The molecule has 1 aliphatic heterocycles. The van der Waals surface area contributed by atoms with Gasteiger partial charge in [-0.2, -0.15) is 0 Å². The number of primary sulfonamides is 1. The third-order valence-corrected chi connectivity index (χ3v) is 4.55. The van der Waals surface area contributed by atoms with E-state index < -0.39 is 10.0 Å². The molecule has 0 bridgehead atoms. The number of carbonyl (C=O) groups excluding carboxylic acids is 1. The lowest BCUT2D eigenvalue weighted by atomic mass is 10.1. The van der Waals surface area contributed by atoms with Gasteiger partial charge in [-0.3, -0.25) is 4.79 Å². The van der Waals surface area contributed by atoms with Crippen LogP contribution in [0.25, 0.3) is 5.57 Å². The monoisotopic (exact) mass is 394 g/mol. The highest BCUT2D eigenvalue weighted by Gasteiger charge is 2.25. The zero-order valence-corrected chi connectivity index (χ0v) is 14.0. The van der Waals surface area contributed by atoms with Crippen LogP contribution in [0.5, 0.6) is 0 Å². The van der Waals surface area contributed by atoms with Crippen LogP contribution >= 0.6 is 15.9 Å². The summed E-state index contributed by atoms with van der Waals surface area (Å²) in [5.41, 5.74) is 1.73. The first kappa shape index (κ1) is 15.7. The maximum atomic E-state index is 12.0. The molecule has 23 heavy (non-hydrogen) atoms. The van der Waals surface area contributed by atoms with Gasteiger partial charge in [0.25, 0.3) is 5.91 Å². The van der Waals surface area contributed by atoms with Crippen molar-refractivity contribution in [2.75, 3.05) is 10.6 Å². The highest BCUT2D eigenvalue weighted by Crippen LogP contribution is 2.31. The molecule has 9 heteroatoms. The van der Waals surface area contributed by atoms with Crippen molar-refractivity contribution in [2.24, 2.45) is 5.14 Å². The molecular weight excluding hydrogens is 384 g/mol. The largest absolute Gasteiger partial charge is 0.361 e. The third-order valence-electron chi connectivity index (χ3n) is 3.19. The smallest absolute Gasteiger partial charge is 0.259 e. The first-order valence-electron chi connectivity index (χ1n) is 6.41. The Morgan fingerprint density at radius 1 is 1.26 bits per heavy atom. The number of nitrogens with zero attached hydrogens (tertiary/aromatic N) is 1. The Morgan fingerprint density at radius 3 is 2.61 bits per heavy atom. The van der Waals surface area contributed by atoms with E-state index in [9.17, 15) is 13.2 Å². The van der Waals surface area contributed by atoms with E-state index in [4.69, 9.17) is 5.14 Å². The molecule has 0 radical (unpaired) electrons. The van der Waals surface area contributed by atoms with Crippen molar-refractivity contribution in [1.82, 2.24) is 4.98 Å². The highest BCUT2D eigenvalue weighted by molar-refractivity contribution is 9.10. The molecule has 2 heterocycles. The standard InChI is InChI=1S/C14H11BrN4O3S/c15-8-5-11-12(14(20)19-13(11)18-6-8)7-17-9-1-3-10(4-2-9)23(16,21)22/h1-7,17H,(H2,16,21,22)(H,18,19,20)/b12-7-. The van der Waals surface area contributed by atoms with E-state index in [0.717, 1.165) is 4.47 Å². The van der Waals surface area contributed by atoms with Crippen LogP contribution in [-0.4, -0.2) is 19.3 Å².